The number of rotatable bonds is 6. The number of carboxylic acids is 1. The number of hydrogen-bond donors (Lipinski definition) is 2. The molecule has 1 aromatic rings. The van der Waals surface area contributed by atoms with Crippen LogP contribution in [0.5, 0.6) is 0 Å². The summed E-state index contributed by atoms with van der Waals surface area (Å²) in [6.45, 7) is 5.65. The molecule has 0 aliphatic heterocycles. The van der Waals surface area contributed by atoms with Crippen molar-refractivity contribution >= 4 is 11.9 Å². The van der Waals surface area contributed by atoms with Crippen LogP contribution >= 0.6 is 0 Å². The highest BCUT2D eigenvalue weighted by atomic mass is 16.4. The molecule has 0 spiro atoms. The summed E-state index contributed by atoms with van der Waals surface area (Å²) >= 11 is 0. The standard InChI is InChI=1S/C15H21NO3/c1-10(2)16-14(17)9-8-13(15(18)19)12-7-5-4-6-11(12)3/h4-7,10,13H,8-9H2,1-3H3,(H,16,17)(H,18,19). The smallest absolute Gasteiger partial charge is 0.310 e. The average molecular weight is 263 g/mol. The summed E-state index contributed by atoms with van der Waals surface area (Å²) in [5.41, 5.74) is 1.73. The molecule has 4 heteroatoms. The monoisotopic (exact) mass is 263 g/mol. The van der Waals surface area contributed by atoms with Crippen LogP contribution in [0, 0.1) is 6.92 Å². The Kier molecular flexibility index (Phi) is 5.55. The van der Waals surface area contributed by atoms with Crippen molar-refractivity contribution in [1.82, 2.24) is 5.32 Å². The second kappa shape index (κ2) is 6.92. The first-order chi connectivity index (χ1) is 8.91. The predicted octanol–water partition coefficient (Wildman–Crippen LogP) is 2.47. The van der Waals surface area contributed by atoms with Crippen LogP contribution in [0.1, 0.15) is 43.7 Å². The second-order valence-electron chi connectivity index (χ2n) is 5.01. The van der Waals surface area contributed by atoms with Crippen LogP contribution in [0.3, 0.4) is 0 Å². The number of carbonyl (C=O) groups excluding carboxylic acids is 1. The maximum Gasteiger partial charge on any atom is 0.310 e. The van der Waals surface area contributed by atoms with Crippen LogP contribution in [0.2, 0.25) is 0 Å². The lowest BCUT2D eigenvalue weighted by molar-refractivity contribution is -0.139. The van der Waals surface area contributed by atoms with Crippen molar-refractivity contribution in [3.63, 3.8) is 0 Å². The first kappa shape index (κ1) is 15.2. The Morgan fingerprint density at radius 3 is 2.42 bits per heavy atom. The van der Waals surface area contributed by atoms with Crippen molar-refractivity contribution in [3.05, 3.63) is 35.4 Å². The van der Waals surface area contributed by atoms with Crippen molar-refractivity contribution in [2.45, 2.75) is 45.6 Å². The normalized spacial score (nSPS) is 12.2. The summed E-state index contributed by atoms with van der Waals surface area (Å²) in [7, 11) is 0. The molecule has 1 atom stereocenters. The van der Waals surface area contributed by atoms with Gasteiger partial charge in [-0.15, -0.1) is 0 Å². The third kappa shape index (κ3) is 4.73. The first-order valence-electron chi connectivity index (χ1n) is 6.49. The van der Waals surface area contributed by atoms with E-state index in [1.54, 1.807) is 0 Å². The Hall–Kier alpha value is -1.84. The third-order valence-corrected chi connectivity index (χ3v) is 2.97. The summed E-state index contributed by atoms with van der Waals surface area (Å²) in [6.07, 6.45) is 0.544. The third-order valence-electron chi connectivity index (χ3n) is 2.97. The molecule has 0 radical (unpaired) electrons. The molecule has 0 saturated carbocycles. The fourth-order valence-electron chi connectivity index (χ4n) is 2.06. The zero-order valence-corrected chi connectivity index (χ0v) is 11.6. The van der Waals surface area contributed by atoms with Crippen molar-refractivity contribution in [2.24, 2.45) is 0 Å². The minimum atomic E-state index is -0.883. The number of amides is 1. The zero-order chi connectivity index (χ0) is 14.4. The molecule has 1 rings (SSSR count). The van der Waals surface area contributed by atoms with E-state index in [-0.39, 0.29) is 18.4 Å². The van der Waals surface area contributed by atoms with E-state index in [4.69, 9.17) is 0 Å². The Morgan fingerprint density at radius 2 is 1.89 bits per heavy atom. The zero-order valence-electron chi connectivity index (χ0n) is 11.6. The van der Waals surface area contributed by atoms with Crippen LogP contribution in [0.25, 0.3) is 0 Å². The largest absolute Gasteiger partial charge is 0.481 e. The van der Waals surface area contributed by atoms with Gasteiger partial charge in [-0.1, -0.05) is 24.3 Å². The highest BCUT2D eigenvalue weighted by Gasteiger charge is 2.22. The van der Waals surface area contributed by atoms with E-state index in [1.165, 1.54) is 0 Å². The van der Waals surface area contributed by atoms with Crippen LogP contribution in [-0.4, -0.2) is 23.0 Å². The number of carboxylic acid groups (broad SMARTS) is 1. The van der Waals surface area contributed by atoms with Gasteiger partial charge in [-0.2, -0.15) is 0 Å². The van der Waals surface area contributed by atoms with Crippen molar-refractivity contribution in [3.8, 4) is 0 Å². The lowest BCUT2D eigenvalue weighted by Crippen LogP contribution is -2.30. The summed E-state index contributed by atoms with van der Waals surface area (Å²) in [5.74, 6) is -1.61. The Labute approximate surface area is 113 Å². The molecule has 0 fully saturated rings. The summed E-state index contributed by atoms with van der Waals surface area (Å²) in [4.78, 5) is 22.9. The molecule has 0 aliphatic carbocycles. The van der Waals surface area contributed by atoms with Gasteiger partial charge in [0.05, 0.1) is 5.92 Å². The first-order valence-corrected chi connectivity index (χ1v) is 6.49. The summed E-state index contributed by atoms with van der Waals surface area (Å²) in [5, 5.41) is 12.1. The van der Waals surface area contributed by atoms with E-state index >= 15 is 0 Å². The van der Waals surface area contributed by atoms with Gasteiger partial charge < -0.3 is 10.4 Å². The molecule has 0 aliphatic rings. The lowest BCUT2D eigenvalue weighted by atomic mass is 9.91. The number of carbonyl (C=O) groups is 2. The number of benzene rings is 1. The van der Waals surface area contributed by atoms with E-state index in [9.17, 15) is 14.7 Å². The molecule has 0 aromatic heterocycles. The highest BCUT2D eigenvalue weighted by Crippen LogP contribution is 2.24. The van der Waals surface area contributed by atoms with Crippen LogP contribution < -0.4 is 5.32 Å². The number of hydrogen-bond acceptors (Lipinski definition) is 2. The topological polar surface area (TPSA) is 66.4 Å². The molecule has 0 heterocycles. The molecule has 0 bridgehead atoms. The van der Waals surface area contributed by atoms with Gasteiger partial charge in [0, 0.05) is 12.5 Å². The predicted molar refractivity (Wildman–Crippen MR) is 74.1 cm³/mol. The molecule has 0 saturated heterocycles. The molecule has 4 nitrogen and oxygen atoms in total. The second-order valence-corrected chi connectivity index (χ2v) is 5.01. The van der Waals surface area contributed by atoms with Gasteiger partial charge in [0.15, 0.2) is 0 Å². The summed E-state index contributed by atoms with van der Waals surface area (Å²) in [6, 6.07) is 7.48. The fraction of sp³-hybridized carbons (Fsp3) is 0.467. The number of aryl methyl sites for hydroxylation is 1. The minimum Gasteiger partial charge on any atom is -0.481 e. The van der Waals surface area contributed by atoms with Crippen LogP contribution in [0.4, 0.5) is 0 Å². The average Bonchev–Trinajstić information content (AvgIpc) is 2.30. The van der Waals surface area contributed by atoms with E-state index in [0.717, 1.165) is 11.1 Å². The van der Waals surface area contributed by atoms with E-state index in [0.29, 0.717) is 6.42 Å². The molecular weight excluding hydrogens is 242 g/mol. The summed E-state index contributed by atoms with van der Waals surface area (Å²) < 4.78 is 0. The maximum absolute atomic E-state index is 11.6. The molecule has 19 heavy (non-hydrogen) atoms. The number of aliphatic carboxylic acids is 1. The van der Waals surface area contributed by atoms with Gasteiger partial charge >= 0.3 is 5.97 Å². The molecule has 1 unspecified atom stereocenters. The van der Waals surface area contributed by atoms with E-state index in [1.807, 2.05) is 45.0 Å². The Balaban J connectivity index is 2.73. The molecule has 104 valence electrons. The van der Waals surface area contributed by atoms with Crippen LogP contribution in [0.15, 0.2) is 24.3 Å². The van der Waals surface area contributed by atoms with Gasteiger partial charge in [-0.3, -0.25) is 9.59 Å². The number of nitrogens with one attached hydrogen (secondary N) is 1. The quantitative estimate of drug-likeness (QED) is 0.828. The van der Waals surface area contributed by atoms with Gasteiger partial charge in [-0.05, 0) is 38.3 Å². The van der Waals surface area contributed by atoms with E-state index < -0.39 is 11.9 Å². The van der Waals surface area contributed by atoms with Gasteiger partial charge in [-0.25, -0.2) is 0 Å². The van der Waals surface area contributed by atoms with Crippen LogP contribution in [-0.2, 0) is 9.59 Å². The van der Waals surface area contributed by atoms with Crippen molar-refractivity contribution in [1.29, 1.82) is 0 Å². The molecule has 2 N–H and O–H groups in total. The van der Waals surface area contributed by atoms with Crippen molar-refractivity contribution < 1.29 is 14.7 Å². The molecular formula is C15H21NO3. The molecule has 1 aromatic carbocycles. The van der Waals surface area contributed by atoms with E-state index in [2.05, 4.69) is 5.32 Å². The van der Waals surface area contributed by atoms with Gasteiger partial charge in [0.25, 0.3) is 0 Å². The lowest BCUT2D eigenvalue weighted by Gasteiger charge is -2.15. The molecule has 1 amide bonds. The fourth-order valence-corrected chi connectivity index (χ4v) is 2.06. The Morgan fingerprint density at radius 1 is 1.26 bits per heavy atom. The van der Waals surface area contributed by atoms with Gasteiger partial charge in [0.1, 0.15) is 0 Å². The SMILES string of the molecule is Cc1ccccc1C(CCC(=O)NC(C)C)C(=O)O. The Bertz CT molecular complexity index is 454. The maximum atomic E-state index is 11.6. The minimum absolute atomic E-state index is 0.0780. The van der Waals surface area contributed by atoms with Gasteiger partial charge in [0.2, 0.25) is 5.91 Å². The highest BCUT2D eigenvalue weighted by molar-refractivity contribution is 5.80. The van der Waals surface area contributed by atoms with Crippen molar-refractivity contribution in [2.75, 3.05) is 0 Å².